The molecule has 0 bridgehead atoms. The first kappa shape index (κ1) is 51.7. The standard InChI is InChI=1S/C80H58F2N2/c1-51-19-11-15-27-65(51)61-47-71(67-29-17-13-21-53(67)3)79(73(81)49-61)83(63-39-31-57(32-40-63)55-23-7-5-8-24-55)75-45-37-59-36-44-70-76(46-38-60-35-43-69(75)77(59)78(60)70)84(64-41-33-58(34-42-64)56-25-9-6-10-26-56)80-72(68-30-18-14-22-54(68)4)48-62(50-74(80)82)66-28-16-12-20-52(66)2/h5-50H,1-4H3. The van der Waals surface area contributed by atoms with Gasteiger partial charge >= 0.3 is 0 Å². The van der Waals surface area contributed by atoms with E-state index in [0.29, 0.717) is 11.4 Å². The van der Waals surface area contributed by atoms with Crippen LogP contribution in [0.5, 0.6) is 0 Å². The van der Waals surface area contributed by atoms with Crippen molar-refractivity contribution in [2.24, 2.45) is 0 Å². The number of hydrogen-bond acceptors (Lipinski definition) is 2. The maximum absolute atomic E-state index is 18.4. The Morgan fingerprint density at radius 1 is 0.250 bits per heavy atom. The van der Waals surface area contributed by atoms with Gasteiger partial charge in [0.25, 0.3) is 0 Å². The summed E-state index contributed by atoms with van der Waals surface area (Å²) in [5.74, 6) is -0.689. The molecule has 84 heavy (non-hydrogen) atoms. The molecule has 4 heteroatoms. The van der Waals surface area contributed by atoms with Crippen molar-refractivity contribution in [3.8, 4) is 66.8 Å². The van der Waals surface area contributed by atoms with E-state index in [2.05, 4.69) is 244 Å². The fourth-order valence-electron chi connectivity index (χ4n) is 12.7. The van der Waals surface area contributed by atoms with Crippen molar-refractivity contribution < 1.29 is 8.78 Å². The number of benzene rings is 14. The van der Waals surface area contributed by atoms with Gasteiger partial charge in [-0.1, -0.05) is 218 Å². The lowest BCUT2D eigenvalue weighted by molar-refractivity contribution is 0.629. The minimum absolute atomic E-state index is 0.344. The van der Waals surface area contributed by atoms with E-state index in [0.717, 1.165) is 144 Å². The minimum atomic E-state index is -0.344. The second-order valence-corrected chi connectivity index (χ2v) is 22.1. The van der Waals surface area contributed by atoms with Gasteiger partial charge in [0, 0.05) is 33.3 Å². The van der Waals surface area contributed by atoms with Crippen molar-refractivity contribution >= 4 is 66.4 Å². The quantitative estimate of drug-likeness (QED) is 0.113. The van der Waals surface area contributed by atoms with Crippen LogP contribution in [0.1, 0.15) is 22.3 Å². The molecular formula is C80H58F2N2. The average Bonchev–Trinajstić information content (AvgIpc) is 3.10. The lowest BCUT2D eigenvalue weighted by atomic mass is 9.89. The SMILES string of the molecule is Cc1ccccc1-c1cc(F)c(N(c2ccc(-c3ccccc3)cc2)c2ccc3ccc4c(N(c5ccc(-c6ccccc6)cc5)c5c(F)cc(-c6ccccc6C)cc5-c5ccccc5C)ccc5ccc2c3c54)c(-c2ccccc2C)c1. The summed E-state index contributed by atoms with van der Waals surface area (Å²) in [4.78, 5) is 4.25. The maximum atomic E-state index is 18.4. The van der Waals surface area contributed by atoms with Crippen molar-refractivity contribution in [1.29, 1.82) is 0 Å². The molecule has 0 aromatic heterocycles. The molecule has 402 valence electrons. The van der Waals surface area contributed by atoms with Gasteiger partial charge in [0.05, 0.1) is 22.7 Å². The lowest BCUT2D eigenvalue weighted by Crippen LogP contribution is -2.15. The molecule has 0 aliphatic carbocycles. The molecule has 0 N–H and O–H groups in total. The summed E-state index contributed by atoms with van der Waals surface area (Å²) >= 11 is 0. The lowest BCUT2D eigenvalue weighted by Gasteiger charge is -2.32. The van der Waals surface area contributed by atoms with Crippen molar-refractivity contribution in [2.45, 2.75) is 27.7 Å². The van der Waals surface area contributed by atoms with Crippen LogP contribution in [-0.4, -0.2) is 0 Å². The summed E-state index contributed by atoms with van der Waals surface area (Å²) in [7, 11) is 0. The Morgan fingerprint density at radius 2 is 0.560 bits per heavy atom. The van der Waals surface area contributed by atoms with E-state index in [1.807, 2.05) is 60.7 Å². The number of anilines is 6. The Balaban J connectivity index is 1.04. The highest BCUT2D eigenvalue weighted by Gasteiger charge is 2.29. The number of aryl methyl sites for hydroxylation is 4. The Morgan fingerprint density at radius 3 is 0.917 bits per heavy atom. The molecule has 0 heterocycles. The Bertz CT molecular complexity index is 4470. The largest absolute Gasteiger partial charge is 0.307 e. The number of rotatable bonds is 12. The zero-order valence-corrected chi connectivity index (χ0v) is 47.2. The van der Waals surface area contributed by atoms with Gasteiger partial charge in [-0.05, 0) is 188 Å². The molecule has 14 aromatic carbocycles. The first-order valence-electron chi connectivity index (χ1n) is 28.7. The van der Waals surface area contributed by atoms with E-state index in [1.165, 1.54) is 0 Å². The molecule has 0 saturated carbocycles. The Hall–Kier alpha value is -10.4. The normalized spacial score (nSPS) is 11.5. The zero-order valence-electron chi connectivity index (χ0n) is 47.2. The molecule has 0 fully saturated rings. The fraction of sp³-hybridized carbons (Fsp3) is 0.0500. The second-order valence-electron chi connectivity index (χ2n) is 22.1. The molecule has 0 aliphatic heterocycles. The third-order valence-electron chi connectivity index (χ3n) is 16.9. The zero-order chi connectivity index (χ0) is 57.0. The highest BCUT2D eigenvalue weighted by molar-refractivity contribution is 6.28. The molecule has 14 rings (SSSR count). The summed E-state index contributed by atoms with van der Waals surface area (Å²) in [6.45, 7) is 8.35. The highest BCUT2D eigenvalue weighted by Crippen LogP contribution is 2.53. The van der Waals surface area contributed by atoms with Crippen molar-refractivity contribution in [1.82, 2.24) is 0 Å². The van der Waals surface area contributed by atoms with E-state index >= 15 is 8.78 Å². The fourth-order valence-corrected chi connectivity index (χ4v) is 12.7. The van der Waals surface area contributed by atoms with Crippen LogP contribution in [0.4, 0.5) is 42.9 Å². The first-order valence-corrected chi connectivity index (χ1v) is 28.7. The molecule has 0 spiro atoms. The van der Waals surface area contributed by atoms with Crippen molar-refractivity contribution in [2.75, 3.05) is 9.80 Å². The summed E-state index contributed by atoms with van der Waals surface area (Å²) in [6, 6.07) is 95.7. The van der Waals surface area contributed by atoms with E-state index < -0.39 is 0 Å². The smallest absolute Gasteiger partial charge is 0.148 e. The minimum Gasteiger partial charge on any atom is -0.307 e. The van der Waals surface area contributed by atoms with Gasteiger partial charge in [0.15, 0.2) is 0 Å². The van der Waals surface area contributed by atoms with Gasteiger partial charge in [-0.2, -0.15) is 0 Å². The van der Waals surface area contributed by atoms with Crippen LogP contribution in [0, 0.1) is 39.3 Å². The molecule has 0 unspecified atom stereocenters. The monoisotopic (exact) mass is 1080 g/mol. The molecule has 0 saturated heterocycles. The predicted octanol–water partition coefficient (Wildman–Crippen LogP) is 23.0. The molecule has 0 aliphatic rings. The van der Waals surface area contributed by atoms with Gasteiger partial charge < -0.3 is 9.80 Å². The van der Waals surface area contributed by atoms with Gasteiger partial charge in [-0.25, -0.2) is 8.78 Å². The molecule has 0 atom stereocenters. The van der Waals surface area contributed by atoms with E-state index in [1.54, 1.807) is 12.1 Å². The van der Waals surface area contributed by atoms with Crippen LogP contribution in [0.3, 0.4) is 0 Å². The number of halogens is 2. The van der Waals surface area contributed by atoms with Crippen molar-refractivity contribution in [3.05, 3.63) is 313 Å². The molecule has 0 amide bonds. The first-order chi connectivity index (χ1) is 41.2. The van der Waals surface area contributed by atoms with Gasteiger partial charge in [0.1, 0.15) is 11.6 Å². The topological polar surface area (TPSA) is 6.48 Å². The predicted molar refractivity (Wildman–Crippen MR) is 351 cm³/mol. The Kier molecular flexibility index (Phi) is 13.2. The molecular weight excluding hydrogens is 1030 g/mol. The van der Waals surface area contributed by atoms with Crippen LogP contribution in [0.15, 0.2) is 279 Å². The third-order valence-corrected chi connectivity index (χ3v) is 16.9. The van der Waals surface area contributed by atoms with Gasteiger partial charge in [0.2, 0.25) is 0 Å². The number of nitrogens with zero attached hydrogens (tertiary/aromatic N) is 2. The average molecular weight is 1090 g/mol. The van der Waals surface area contributed by atoms with E-state index in [4.69, 9.17) is 0 Å². The molecule has 14 aromatic rings. The third kappa shape index (κ3) is 9.13. The summed E-state index contributed by atoms with van der Waals surface area (Å²) in [6.07, 6.45) is 0. The van der Waals surface area contributed by atoms with E-state index in [-0.39, 0.29) is 11.6 Å². The van der Waals surface area contributed by atoms with Gasteiger partial charge in [-0.15, -0.1) is 0 Å². The van der Waals surface area contributed by atoms with Crippen LogP contribution in [0.25, 0.3) is 99.1 Å². The summed E-state index contributed by atoms with van der Waals surface area (Å²) in [5.41, 5.74) is 19.7. The van der Waals surface area contributed by atoms with Crippen molar-refractivity contribution in [3.63, 3.8) is 0 Å². The Labute approximate surface area is 489 Å². The van der Waals surface area contributed by atoms with Crippen LogP contribution < -0.4 is 9.80 Å². The highest BCUT2D eigenvalue weighted by atomic mass is 19.1. The molecule has 2 nitrogen and oxygen atoms in total. The molecule has 0 radical (unpaired) electrons. The van der Waals surface area contributed by atoms with Crippen LogP contribution in [-0.2, 0) is 0 Å². The van der Waals surface area contributed by atoms with Gasteiger partial charge in [-0.3, -0.25) is 0 Å². The summed E-state index contributed by atoms with van der Waals surface area (Å²) in [5, 5.41) is 6.01. The van der Waals surface area contributed by atoms with Crippen LogP contribution >= 0.6 is 0 Å². The van der Waals surface area contributed by atoms with E-state index in [9.17, 15) is 0 Å². The number of hydrogen-bond donors (Lipinski definition) is 0. The van der Waals surface area contributed by atoms with Crippen LogP contribution in [0.2, 0.25) is 0 Å². The second kappa shape index (κ2) is 21.5. The summed E-state index contributed by atoms with van der Waals surface area (Å²) < 4.78 is 36.7. The maximum Gasteiger partial charge on any atom is 0.148 e.